The van der Waals surface area contributed by atoms with Gasteiger partial charge in [0.1, 0.15) is 5.84 Å². The molecule has 0 bridgehead atoms. The van der Waals surface area contributed by atoms with Crippen LogP contribution in [0, 0.1) is 11.3 Å². The number of hydrogen-bond donors (Lipinski definition) is 5. The molecule has 0 unspecified atom stereocenters. The summed E-state index contributed by atoms with van der Waals surface area (Å²) in [5, 5.41) is 13.9. The lowest BCUT2D eigenvalue weighted by atomic mass is 9.73. The number of sulfonamides is 1. The maximum atomic E-state index is 13.2. The average Bonchev–Trinajstić information content (AvgIpc) is 3.11. The van der Waals surface area contributed by atoms with Crippen molar-refractivity contribution in [3.8, 4) is 0 Å². The van der Waals surface area contributed by atoms with Crippen LogP contribution in [0.4, 0.5) is 16.2 Å². The number of carbonyl (C=O) groups excluding carboxylic acids is 1. The Morgan fingerprint density at radius 3 is 2.25 bits per heavy atom. The molecule has 2 aliphatic rings. The summed E-state index contributed by atoms with van der Waals surface area (Å²) in [6.07, 6.45) is 7.47. The summed E-state index contributed by atoms with van der Waals surface area (Å²) >= 11 is 0. The summed E-state index contributed by atoms with van der Waals surface area (Å²) in [7, 11) is -3.58. The summed E-state index contributed by atoms with van der Waals surface area (Å²) < 4.78 is 27.9. The van der Waals surface area contributed by atoms with Crippen molar-refractivity contribution in [2.24, 2.45) is 11.7 Å². The third-order valence-electron chi connectivity index (χ3n) is 7.54. The number of anilines is 2. The van der Waals surface area contributed by atoms with E-state index < -0.39 is 10.0 Å². The number of amidine groups is 1. The molecule has 4 rings (SSSR count). The smallest absolute Gasteiger partial charge is 0.319 e. The summed E-state index contributed by atoms with van der Waals surface area (Å²) in [6, 6.07) is 13.0. The van der Waals surface area contributed by atoms with Gasteiger partial charge in [0.25, 0.3) is 0 Å². The van der Waals surface area contributed by atoms with E-state index in [1.807, 2.05) is 0 Å². The number of nitrogens with one attached hydrogen (secondary N) is 3. The van der Waals surface area contributed by atoms with Gasteiger partial charge in [0.05, 0.1) is 4.90 Å². The Morgan fingerprint density at radius 1 is 1.00 bits per heavy atom. The minimum Gasteiger partial charge on any atom is -0.399 e. The van der Waals surface area contributed by atoms with Crippen molar-refractivity contribution in [3.63, 3.8) is 0 Å². The molecule has 10 heteroatoms. The van der Waals surface area contributed by atoms with Crippen LogP contribution in [0.25, 0.3) is 0 Å². The molecule has 0 radical (unpaired) electrons. The minimum absolute atomic E-state index is 0.0556. The van der Waals surface area contributed by atoms with E-state index in [-0.39, 0.29) is 28.2 Å². The normalized spacial score (nSPS) is 19.2. The number of hydrogen-bond acceptors (Lipinski definition) is 5. The third kappa shape index (κ3) is 5.82. The van der Waals surface area contributed by atoms with E-state index in [4.69, 9.17) is 16.9 Å². The second-order valence-electron chi connectivity index (χ2n) is 9.89. The molecule has 9 nitrogen and oxygen atoms in total. The lowest BCUT2D eigenvalue weighted by Crippen LogP contribution is -2.57. The van der Waals surface area contributed by atoms with Gasteiger partial charge in [0, 0.05) is 35.6 Å². The van der Waals surface area contributed by atoms with Crippen LogP contribution in [0.1, 0.15) is 56.9 Å². The van der Waals surface area contributed by atoms with E-state index in [0.717, 1.165) is 38.5 Å². The Balaban J connectivity index is 1.47. The predicted octanol–water partition coefficient (Wildman–Crippen LogP) is 3.87. The number of rotatable bonds is 6. The van der Waals surface area contributed by atoms with Crippen molar-refractivity contribution in [1.82, 2.24) is 9.62 Å². The molecule has 1 saturated carbocycles. The summed E-state index contributed by atoms with van der Waals surface area (Å²) in [4.78, 5) is 13.4. The second-order valence-corrected chi connectivity index (χ2v) is 11.8. The molecule has 36 heavy (non-hydrogen) atoms. The Kier molecular flexibility index (Phi) is 7.85. The fourth-order valence-corrected chi connectivity index (χ4v) is 7.06. The van der Waals surface area contributed by atoms with Crippen LogP contribution >= 0.6 is 0 Å². The highest BCUT2D eigenvalue weighted by Crippen LogP contribution is 2.39. The van der Waals surface area contributed by atoms with Crippen molar-refractivity contribution >= 4 is 33.3 Å². The van der Waals surface area contributed by atoms with E-state index in [0.29, 0.717) is 42.9 Å². The van der Waals surface area contributed by atoms with Crippen LogP contribution in [0.15, 0.2) is 53.4 Å². The van der Waals surface area contributed by atoms with Crippen LogP contribution in [-0.4, -0.2) is 43.2 Å². The first-order valence-electron chi connectivity index (χ1n) is 12.6. The van der Waals surface area contributed by atoms with Gasteiger partial charge in [-0.25, -0.2) is 13.2 Å². The molecule has 1 aliphatic carbocycles. The molecular weight excluding hydrogens is 476 g/mol. The highest BCUT2D eigenvalue weighted by atomic mass is 32.2. The van der Waals surface area contributed by atoms with Gasteiger partial charge in [0.15, 0.2) is 0 Å². The second kappa shape index (κ2) is 10.9. The van der Waals surface area contributed by atoms with E-state index >= 15 is 0 Å². The number of urea groups is 1. The van der Waals surface area contributed by atoms with Crippen molar-refractivity contribution in [1.29, 1.82) is 5.41 Å². The van der Waals surface area contributed by atoms with Crippen molar-refractivity contribution in [3.05, 3.63) is 54.1 Å². The molecule has 2 fully saturated rings. The highest BCUT2D eigenvalue weighted by Gasteiger charge is 2.43. The summed E-state index contributed by atoms with van der Waals surface area (Å²) in [6.45, 7) is 0.839. The van der Waals surface area contributed by atoms with Gasteiger partial charge in [-0.1, -0.05) is 37.8 Å². The number of piperidine rings is 1. The first-order chi connectivity index (χ1) is 17.2. The van der Waals surface area contributed by atoms with Gasteiger partial charge in [-0.3, -0.25) is 5.41 Å². The van der Waals surface area contributed by atoms with Gasteiger partial charge in [-0.05, 0) is 68.0 Å². The van der Waals surface area contributed by atoms with Crippen molar-refractivity contribution in [2.45, 2.75) is 61.8 Å². The Labute approximate surface area is 213 Å². The number of nitrogens with zero attached hydrogens (tertiary/aromatic N) is 1. The van der Waals surface area contributed by atoms with E-state index in [9.17, 15) is 13.2 Å². The fourth-order valence-electron chi connectivity index (χ4n) is 5.59. The number of nitrogen functional groups attached to an aromatic ring is 2. The molecule has 0 aromatic heterocycles. The molecule has 0 atom stereocenters. The SMILES string of the molecule is N=C(N)c1cccc(NC(=O)NC2(C3CCN(S(=O)(=O)c4ccc(N)cc4)CC3)CCCCCC2)c1. The maximum Gasteiger partial charge on any atom is 0.319 e. The summed E-state index contributed by atoms with van der Waals surface area (Å²) in [5.74, 6) is 0.128. The van der Waals surface area contributed by atoms with E-state index in [1.165, 1.54) is 0 Å². The van der Waals surface area contributed by atoms with Crippen LogP contribution in [0.3, 0.4) is 0 Å². The fraction of sp³-hybridized carbons (Fsp3) is 0.462. The molecule has 1 aliphatic heterocycles. The Hall–Kier alpha value is -3.11. The third-order valence-corrected chi connectivity index (χ3v) is 9.46. The first kappa shape index (κ1) is 26.0. The summed E-state index contributed by atoms with van der Waals surface area (Å²) in [5.41, 5.74) is 12.6. The first-order valence-corrected chi connectivity index (χ1v) is 14.0. The molecule has 7 N–H and O–H groups in total. The zero-order valence-corrected chi connectivity index (χ0v) is 21.3. The molecule has 1 heterocycles. The number of benzene rings is 2. The topological polar surface area (TPSA) is 154 Å². The van der Waals surface area contributed by atoms with Crippen LogP contribution in [0.2, 0.25) is 0 Å². The predicted molar refractivity (Wildman–Crippen MR) is 142 cm³/mol. The molecule has 1 saturated heterocycles. The van der Waals surface area contributed by atoms with Crippen LogP contribution < -0.4 is 22.1 Å². The number of carbonyl (C=O) groups is 1. The average molecular weight is 513 g/mol. The molecular formula is C26H36N6O3S. The van der Waals surface area contributed by atoms with Crippen LogP contribution in [-0.2, 0) is 10.0 Å². The number of nitrogens with two attached hydrogens (primary N) is 2. The molecule has 0 spiro atoms. The van der Waals surface area contributed by atoms with Crippen LogP contribution in [0.5, 0.6) is 0 Å². The van der Waals surface area contributed by atoms with Gasteiger partial charge in [-0.15, -0.1) is 0 Å². The Bertz CT molecular complexity index is 1180. The molecule has 2 amide bonds. The van der Waals surface area contributed by atoms with E-state index in [2.05, 4.69) is 10.6 Å². The largest absolute Gasteiger partial charge is 0.399 e. The highest BCUT2D eigenvalue weighted by molar-refractivity contribution is 7.89. The Morgan fingerprint density at radius 2 is 1.64 bits per heavy atom. The monoisotopic (exact) mass is 512 g/mol. The standard InChI is InChI=1S/C26H36N6O3S/c27-21-8-10-23(11-9-21)36(34,35)32-16-12-20(13-17-32)26(14-3-1-2-4-15-26)31-25(33)30-22-7-5-6-19(18-22)24(28)29/h5-11,18,20H,1-4,12-17,27H2,(H3,28,29)(H2,30,31,33). The lowest BCUT2D eigenvalue weighted by molar-refractivity contribution is 0.130. The van der Waals surface area contributed by atoms with Gasteiger partial charge in [0.2, 0.25) is 10.0 Å². The molecule has 2 aromatic carbocycles. The quantitative estimate of drug-likeness (QED) is 0.172. The number of amides is 2. The maximum absolute atomic E-state index is 13.2. The zero-order chi connectivity index (χ0) is 25.8. The molecule has 2 aromatic rings. The molecule has 194 valence electrons. The zero-order valence-electron chi connectivity index (χ0n) is 20.5. The van der Waals surface area contributed by atoms with Crippen molar-refractivity contribution in [2.75, 3.05) is 24.1 Å². The minimum atomic E-state index is -3.58. The van der Waals surface area contributed by atoms with Gasteiger partial charge >= 0.3 is 6.03 Å². The van der Waals surface area contributed by atoms with E-state index in [1.54, 1.807) is 52.8 Å². The van der Waals surface area contributed by atoms with Crippen molar-refractivity contribution < 1.29 is 13.2 Å². The van der Waals surface area contributed by atoms with Gasteiger partial charge < -0.3 is 22.1 Å². The van der Waals surface area contributed by atoms with Gasteiger partial charge in [-0.2, -0.15) is 4.31 Å². The lowest BCUT2D eigenvalue weighted by Gasteiger charge is -2.45.